The molecule has 2 aromatic heterocycles. The summed E-state index contributed by atoms with van der Waals surface area (Å²) in [5, 5.41) is 13.9. The zero-order valence-electron chi connectivity index (χ0n) is 18.7. The van der Waals surface area contributed by atoms with E-state index in [1.165, 1.54) is 12.0 Å². The van der Waals surface area contributed by atoms with Crippen LogP contribution in [0.5, 0.6) is 0 Å². The van der Waals surface area contributed by atoms with E-state index in [0.717, 1.165) is 60.2 Å². The largest absolute Gasteiger partial charge is 0.321 e. The average molecular weight is 409 g/mol. The summed E-state index contributed by atoms with van der Waals surface area (Å²) in [5.74, 6) is 0.748. The van der Waals surface area contributed by atoms with Gasteiger partial charge < -0.3 is 4.98 Å². The molecule has 7 nitrogen and oxygen atoms in total. The normalized spacial score (nSPS) is 16.8. The second kappa shape index (κ2) is 7.95. The summed E-state index contributed by atoms with van der Waals surface area (Å²) in [4.78, 5) is 18.8. The molecule has 4 rings (SSSR count). The van der Waals surface area contributed by atoms with E-state index in [-0.39, 0.29) is 17.1 Å². The van der Waals surface area contributed by atoms with Gasteiger partial charge >= 0.3 is 0 Å². The van der Waals surface area contributed by atoms with E-state index in [9.17, 15) is 4.79 Å². The number of fused-ring (bicyclic) bond motifs is 1. The first-order chi connectivity index (χ1) is 14.3. The minimum absolute atomic E-state index is 0.0612. The topological polar surface area (TPSA) is 79.7 Å². The molecule has 1 saturated heterocycles. The Hall–Kier alpha value is -2.54. The van der Waals surface area contributed by atoms with Gasteiger partial charge in [-0.3, -0.25) is 9.69 Å². The number of H-pyrrole nitrogens is 1. The molecule has 0 radical (unpaired) electrons. The van der Waals surface area contributed by atoms with Crippen molar-refractivity contribution < 1.29 is 0 Å². The number of aromatic amines is 1. The number of aromatic nitrogens is 5. The van der Waals surface area contributed by atoms with Crippen LogP contribution in [0.1, 0.15) is 75.0 Å². The maximum atomic E-state index is 13.3. The van der Waals surface area contributed by atoms with E-state index in [2.05, 4.69) is 65.2 Å². The lowest BCUT2D eigenvalue weighted by Gasteiger charge is -2.35. The van der Waals surface area contributed by atoms with Gasteiger partial charge in [0.25, 0.3) is 5.56 Å². The Morgan fingerprint density at radius 3 is 2.57 bits per heavy atom. The molecule has 0 spiro atoms. The molecule has 30 heavy (non-hydrogen) atoms. The van der Waals surface area contributed by atoms with E-state index in [0.29, 0.717) is 0 Å². The molecule has 0 bridgehead atoms. The molecular formula is C23H32N6O. The Kier molecular flexibility index (Phi) is 5.49. The highest BCUT2D eigenvalue weighted by Crippen LogP contribution is 2.32. The Morgan fingerprint density at radius 1 is 1.13 bits per heavy atom. The van der Waals surface area contributed by atoms with Crippen molar-refractivity contribution in [2.45, 2.75) is 71.9 Å². The maximum absolute atomic E-state index is 13.3. The van der Waals surface area contributed by atoms with Gasteiger partial charge in [-0.15, -0.1) is 5.10 Å². The number of nitrogens with one attached hydrogen (secondary N) is 1. The van der Waals surface area contributed by atoms with Crippen LogP contribution in [0.2, 0.25) is 0 Å². The van der Waals surface area contributed by atoms with Crippen molar-refractivity contribution in [1.29, 1.82) is 0 Å². The number of nitrogens with zero attached hydrogens (tertiary/aromatic N) is 5. The first kappa shape index (κ1) is 20.7. The number of tetrazole rings is 1. The molecule has 1 aliphatic heterocycles. The van der Waals surface area contributed by atoms with Gasteiger partial charge in [0.15, 0.2) is 5.82 Å². The van der Waals surface area contributed by atoms with Gasteiger partial charge in [-0.2, -0.15) is 0 Å². The number of hydrogen-bond donors (Lipinski definition) is 1. The molecule has 3 heterocycles. The summed E-state index contributed by atoms with van der Waals surface area (Å²) >= 11 is 0. The Balaban J connectivity index is 1.93. The number of rotatable bonds is 5. The van der Waals surface area contributed by atoms with Crippen LogP contribution < -0.4 is 5.56 Å². The predicted molar refractivity (Wildman–Crippen MR) is 119 cm³/mol. The van der Waals surface area contributed by atoms with Crippen molar-refractivity contribution in [3.05, 3.63) is 51.1 Å². The lowest BCUT2D eigenvalue weighted by Crippen LogP contribution is -2.40. The van der Waals surface area contributed by atoms with Crippen LogP contribution in [0.25, 0.3) is 10.9 Å². The molecule has 0 aliphatic carbocycles. The third-order valence-corrected chi connectivity index (χ3v) is 6.55. The first-order valence-corrected chi connectivity index (χ1v) is 11.0. The van der Waals surface area contributed by atoms with Gasteiger partial charge in [0, 0.05) is 5.56 Å². The van der Waals surface area contributed by atoms with E-state index in [4.69, 9.17) is 0 Å². The summed E-state index contributed by atoms with van der Waals surface area (Å²) in [7, 11) is 0. The molecule has 1 fully saturated rings. The van der Waals surface area contributed by atoms with Crippen molar-refractivity contribution in [2.75, 3.05) is 13.1 Å². The van der Waals surface area contributed by atoms with E-state index < -0.39 is 0 Å². The molecule has 1 N–H and O–H groups in total. The fourth-order valence-corrected chi connectivity index (χ4v) is 4.53. The van der Waals surface area contributed by atoms with Crippen LogP contribution in [0.4, 0.5) is 0 Å². The highest BCUT2D eigenvalue weighted by Gasteiger charge is 2.34. The second-order valence-corrected chi connectivity index (χ2v) is 9.21. The van der Waals surface area contributed by atoms with Crippen LogP contribution in [0.3, 0.4) is 0 Å². The minimum Gasteiger partial charge on any atom is -0.321 e. The molecule has 7 heteroatoms. The van der Waals surface area contributed by atoms with Crippen LogP contribution in [-0.4, -0.2) is 43.2 Å². The Morgan fingerprint density at radius 2 is 1.87 bits per heavy atom. The quantitative estimate of drug-likeness (QED) is 0.694. The lowest BCUT2D eigenvalue weighted by molar-refractivity contribution is 0.167. The number of pyridine rings is 1. The molecule has 0 unspecified atom stereocenters. The second-order valence-electron chi connectivity index (χ2n) is 9.21. The fraction of sp³-hybridized carbons (Fsp3) is 0.565. The van der Waals surface area contributed by atoms with E-state index in [1.54, 1.807) is 0 Å². The zero-order chi connectivity index (χ0) is 21.5. The lowest BCUT2D eigenvalue weighted by atomic mass is 9.97. The number of piperidine rings is 1. The standard InChI is InChI=1S/C23H32N6O/c1-6-23(4,5)29-21(25-26-27-29)20(28-10-8-7-9-11-28)18-14-17-13-15(2)12-16(3)19(17)24-22(18)30/h12-14,20H,6-11H2,1-5H3,(H,24,30)/t20-/m1/s1. The van der Waals surface area contributed by atoms with Gasteiger partial charge in [-0.1, -0.05) is 25.0 Å². The third kappa shape index (κ3) is 3.67. The maximum Gasteiger partial charge on any atom is 0.253 e. The molecule has 0 amide bonds. The molecule has 0 saturated carbocycles. The molecule has 1 aliphatic rings. The number of likely N-dealkylation sites (tertiary alicyclic amines) is 1. The predicted octanol–water partition coefficient (Wildman–Crippen LogP) is 3.85. The summed E-state index contributed by atoms with van der Waals surface area (Å²) in [5.41, 5.74) is 3.60. The summed E-state index contributed by atoms with van der Waals surface area (Å²) in [6.07, 6.45) is 4.36. The fourth-order valence-electron chi connectivity index (χ4n) is 4.53. The smallest absolute Gasteiger partial charge is 0.253 e. The molecule has 1 atom stereocenters. The minimum atomic E-state index is -0.264. The highest BCUT2D eigenvalue weighted by atomic mass is 16.1. The zero-order valence-corrected chi connectivity index (χ0v) is 18.7. The van der Waals surface area contributed by atoms with Crippen LogP contribution in [0.15, 0.2) is 23.0 Å². The monoisotopic (exact) mass is 408 g/mol. The third-order valence-electron chi connectivity index (χ3n) is 6.55. The molecule has 160 valence electrons. The van der Waals surface area contributed by atoms with Crippen LogP contribution >= 0.6 is 0 Å². The molecule has 1 aromatic carbocycles. The SMILES string of the molecule is CCC(C)(C)n1nnnc1[C@@H](c1cc2cc(C)cc(C)c2[nH]c1=O)N1CCCCC1. The Bertz CT molecular complexity index is 1110. The van der Waals surface area contributed by atoms with Crippen molar-refractivity contribution in [1.82, 2.24) is 30.1 Å². The Labute approximate surface area is 177 Å². The van der Waals surface area contributed by atoms with Crippen molar-refractivity contribution in [3.63, 3.8) is 0 Å². The summed E-state index contributed by atoms with van der Waals surface area (Å²) < 4.78 is 1.91. The highest BCUT2D eigenvalue weighted by molar-refractivity contribution is 5.83. The number of hydrogen-bond acceptors (Lipinski definition) is 5. The van der Waals surface area contributed by atoms with Gasteiger partial charge in [0.05, 0.1) is 11.1 Å². The van der Waals surface area contributed by atoms with Crippen LogP contribution in [0, 0.1) is 13.8 Å². The van der Waals surface area contributed by atoms with Gasteiger partial charge in [-0.25, -0.2) is 4.68 Å². The molecular weight excluding hydrogens is 376 g/mol. The van der Waals surface area contributed by atoms with Gasteiger partial charge in [-0.05, 0) is 93.6 Å². The number of aryl methyl sites for hydroxylation is 2. The summed E-state index contributed by atoms with van der Waals surface area (Å²) in [6, 6.07) is 6.02. The van der Waals surface area contributed by atoms with Gasteiger partial charge in [0.2, 0.25) is 0 Å². The number of benzene rings is 1. The van der Waals surface area contributed by atoms with Crippen molar-refractivity contribution >= 4 is 10.9 Å². The summed E-state index contributed by atoms with van der Waals surface area (Å²) in [6.45, 7) is 12.4. The van der Waals surface area contributed by atoms with Gasteiger partial charge in [0.1, 0.15) is 6.04 Å². The molecule has 3 aromatic rings. The van der Waals surface area contributed by atoms with E-state index >= 15 is 0 Å². The first-order valence-electron chi connectivity index (χ1n) is 11.0. The van der Waals surface area contributed by atoms with Crippen molar-refractivity contribution in [2.24, 2.45) is 0 Å². The van der Waals surface area contributed by atoms with Crippen molar-refractivity contribution in [3.8, 4) is 0 Å². The van der Waals surface area contributed by atoms with Crippen LogP contribution in [-0.2, 0) is 5.54 Å². The average Bonchev–Trinajstić information content (AvgIpc) is 3.20. The van der Waals surface area contributed by atoms with E-state index in [1.807, 2.05) is 17.7 Å².